The number of benzene rings is 2. The van der Waals surface area contributed by atoms with Crippen LogP contribution >= 0.6 is 39.3 Å². The number of carbonyl (C=O) groups is 2. The van der Waals surface area contributed by atoms with Crippen molar-refractivity contribution in [3.05, 3.63) is 63.6 Å². The van der Waals surface area contributed by atoms with Gasteiger partial charge in [-0.3, -0.25) is 9.59 Å². The van der Waals surface area contributed by atoms with Gasteiger partial charge in [0.25, 0.3) is 5.91 Å². The molecule has 0 unspecified atom stereocenters. The molecular weight excluding hydrogens is 414 g/mol. The Hall–Kier alpha value is -1.50. The molecule has 0 saturated heterocycles. The second-order valence-electron chi connectivity index (χ2n) is 4.81. The summed E-state index contributed by atoms with van der Waals surface area (Å²) in [5.41, 5.74) is 0.921. The van der Waals surface area contributed by atoms with Crippen LogP contribution in [0.5, 0.6) is 0 Å². The van der Waals surface area contributed by atoms with Gasteiger partial charge in [0, 0.05) is 20.9 Å². The molecule has 0 aliphatic carbocycles. The average molecular weight is 429 g/mol. The lowest BCUT2D eigenvalue weighted by Gasteiger charge is -2.07. The fourth-order valence-electron chi connectivity index (χ4n) is 1.71. The molecule has 1 amide bonds. The molecule has 0 heterocycles. The van der Waals surface area contributed by atoms with Crippen LogP contribution in [0.15, 0.2) is 57.9 Å². The maximum absolute atomic E-state index is 11.7. The van der Waals surface area contributed by atoms with Gasteiger partial charge in [0.2, 0.25) is 0 Å². The van der Waals surface area contributed by atoms with Crippen molar-refractivity contribution in [2.75, 3.05) is 12.4 Å². The highest BCUT2D eigenvalue weighted by atomic mass is 79.9. The van der Waals surface area contributed by atoms with E-state index in [-0.39, 0.29) is 18.3 Å². The highest BCUT2D eigenvalue weighted by molar-refractivity contribution is 9.10. The van der Waals surface area contributed by atoms with E-state index in [0.29, 0.717) is 11.6 Å². The van der Waals surface area contributed by atoms with E-state index in [1.54, 1.807) is 12.1 Å². The van der Waals surface area contributed by atoms with E-state index in [1.807, 2.05) is 36.4 Å². The van der Waals surface area contributed by atoms with E-state index >= 15 is 0 Å². The Morgan fingerprint density at radius 1 is 1.08 bits per heavy atom. The summed E-state index contributed by atoms with van der Waals surface area (Å²) < 4.78 is 5.93. The Balaban J connectivity index is 1.64. The Bertz CT molecular complexity index is 630. The van der Waals surface area contributed by atoms with Gasteiger partial charge in [-0.1, -0.05) is 39.7 Å². The van der Waals surface area contributed by atoms with E-state index in [1.165, 1.54) is 11.8 Å². The van der Waals surface area contributed by atoms with Crippen LogP contribution in [0.25, 0.3) is 0 Å². The number of ether oxygens (including phenoxy) is 1. The number of halogens is 2. The highest BCUT2D eigenvalue weighted by Gasteiger charge is 2.08. The predicted octanol–water partition coefficient (Wildman–Crippen LogP) is 4.05. The van der Waals surface area contributed by atoms with Crippen molar-refractivity contribution in [3.8, 4) is 0 Å². The maximum atomic E-state index is 11.7. The van der Waals surface area contributed by atoms with Crippen LogP contribution in [0.3, 0.4) is 0 Å². The number of hydrogen-bond acceptors (Lipinski definition) is 4. The monoisotopic (exact) mass is 427 g/mol. The van der Waals surface area contributed by atoms with Crippen molar-refractivity contribution >= 4 is 51.2 Å². The van der Waals surface area contributed by atoms with Gasteiger partial charge in [-0.25, -0.2) is 0 Å². The van der Waals surface area contributed by atoms with Gasteiger partial charge in [-0.05, 0) is 42.0 Å². The zero-order chi connectivity index (χ0) is 17.4. The lowest BCUT2D eigenvalue weighted by atomic mass is 10.2. The van der Waals surface area contributed by atoms with E-state index in [4.69, 9.17) is 16.3 Å². The van der Waals surface area contributed by atoms with Gasteiger partial charge in [0.15, 0.2) is 6.61 Å². The van der Waals surface area contributed by atoms with E-state index in [0.717, 1.165) is 14.9 Å². The van der Waals surface area contributed by atoms with Crippen LogP contribution in [-0.4, -0.2) is 24.2 Å². The van der Waals surface area contributed by atoms with Crippen LogP contribution in [0.2, 0.25) is 5.02 Å². The van der Waals surface area contributed by atoms with Crippen molar-refractivity contribution < 1.29 is 14.3 Å². The largest absolute Gasteiger partial charge is 0.455 e. The second-order valence-corrected chi connectivity index (χ2v) is 7.21. The molecule has 7 heteroatoms. The molecule has 0 aliphatic heterocycles. The molecule has 2 aromatic rings. The molecule has 0 bridgehead atoms. The molecule has 0 spiro atoms. The van der Waals surface area contributed by atoms with Crippen molar-refractivity contribution in [1.29, 1.82) is 0 Å². The van der Waals surface area contributed by atoms with Crippen molar-refractivity contribution in [2.45, 2.75) is 11.4 Å². The normalized spacial score (nSPS) is 10.2. The predicted molar refractivity (Wildman–Crippen MR) is 99.1 cm³/mol. The first-order valence-corrected chi connectivity index (χ1v) is 9.24. The number of thioether (sulfide) groups is 1. The van der Waals surface area contributed by atoms with Gasteiger partial charge in [0.05, 0.1) is 5.75 Å². The Morgan fingerprint density at radius 2 is 1.75 bits per heavy atom. The number of hydrogen-bond donors (Lipinski definition) is 1. The number of rotatable bonds is 7. The standard InChI is InChI=1S/C17H15BrClNO3S/c18-13-3-7-15(8-4-13)24-11-17(22)23-10-16(21)20-9-12-1-5-14(19)6-2-12/h1-8H,9-11H2,(H,20,21). The summed E-state index contributed by atoms with van der Waals surface area (Å²) in [6, 6.07) is 14.8. The summed E-state index contributed by atoms with van der Waals surface area (Å²) in [5, 5.41) is 3.32. The highest BCUT2D eigenvalue weighted by Crippen LogP contribution is 2.20. The molecule has 0 fully saturated rings. The molecule has 0 atom stereocenters. The third kappa shape index (κ3) is 6.95. The Morgan fingerprint density at radius 3 is 2.42 bits per heavy atom. The van der Waals surface area contributed by atoms with Crippen LogP contribution in [0.4, 0.5) is 0 Å². The second kappa shape index (κ2) is 9.71. The summed E-state index contributed by atoms with van der Waals surface area (Å²) in [6.07, 6.45) is 0. The van der Waals surface area contributed by atoms with Crippen molar-refractivity contribution in [2.24, 2.45) is 0 Å². The molecule has 4 nitrogen and oxygen atoms in total. The molecule has 126 valence electrons. The molecule has 0 radical (unpaired) electrons. The molecule has 0 saturated carbocycles. The van der Waals surface area contributed by atoms with Gasteiger partial charge < -0.3 is 10.1 Å². The smallest absolute Gasteiger partial charge is 0.316 e. The molecule has 2 rings (SSSR count). The molecule has 1 N–H and O–H groups in total. The van der Waals surface area contributed by atoms with E-state index in [9.17, 15) is 9.59 Å². The van der Waals surface area contributed by atoms with Crippen LogP contribution in [0, 0.1) is 0 Å². The minimum absolute atomic E-state index is 0.159. The first-order valence-electron chi connectivity index (χ1n) is 7.08. The molecular formula is C17H15BrClNO3S. The molecule has 0 aliphatic rings. The van der Waals surface area contributed by atoms with E-state index in [2.05, 4.69) is 21.2 Å². The first-order chi connectivity index (χ1) is 11.5. The van der Waals surface area contributed by atoms with Crippen molar-refractivity contribution in [1.82, 2.24) is 5.32 Å². The fraction of sp³-hybridized carbons (Fsp3) is 0.176. The number of carbonyl (C=O) groups excluding carboxylic acids is 2. The molecule has 2 aromatic carbocycles. The fourth-order valence-corrected chi connectivity index (χ4v) is 2.80. The van der Waals surface area contributed by atoms with Crippen LogP contribution < -0.4 is 5.32 Å². The van der Waals surface area contributed by atoms with Gasteiger partial charge >= 0.3 is 5.97 Å². The summed E-state index contributed by atoms with van der Waals surface area (Å²) in [5.74, 6) is -0.608. The van der Waals surface area contributed by atoms with Crippen LogP contribution in [-0.2, 0) is 20.9 Å². The average Bonchev–Trinajstić information content (AvgIpc) is 2.59. The van der Waals surface area contributed by atoms with Crippen molar-refractivity contribution in [3.63, 3.8) is 0 Å². The van der Waals surface area contributed by atoms with Crippen LogP contribution in [0.1, 0.15) is 5.56 Å². The summed E-state index contributed by atoms with van der Waals surface area (Å²) >= 11 is 10.5. The zero-order valence-electron chi connectivity index (χ0n) is 12.6. The van der Waals surface area contributed by atoms with Gasteiger partial charge in [0.1, 0.15) is 0 Å². The third-order valence-electron chi connectivity index (χ3n) is 2.94. The Kier molecular flexibility index (Phi) is 7.62. The topological polar surface area (TPSA) is 55.4 Å². The SMILES string of the molecule is O=C(COC(=O)CSc1ccc(Br)cc1)NCc1ccc(Cl)cc1. The minimum atomic E-state index is -0.426. The van der Waals surface area contributed by atoms with E-state index < -0.39 is 5.97 Å². The summed E-state index contributed by atoms with van der Waals surface area (Å²) in [4.78, 5) is 24.3. The summed E-state index contributed by atoms with van der Waals surface area (Å²) in [7, 11) is 0. The zero-order valence-corrected chi connectivity index (χ0v) is 15.8. The number of esters is 1. The maximum Gasteiger partial charge on any atom is 0.316 e. The molecule has 0 aromatic heterocycles. The quantitative estimate of drug-likeness (QED) is 0.534. The first kappa shape index (κ1) is 18.8. The number of amides is 1. The van der Waals surface area contributed by atoms with Gasteiger partial charge in [-0.2, -0.15) is 0 Å². The number of nitrogens with one attached hydrogen (secondary N) is 1. The lowest BCUT2D eigenvalue weighted by molar-refractivity contribution is -0.145. The Labute approximate surface area is 158 Å². The minimum Gasteiger partial charge on any atom is -0.455 e. The van der Waals surface area contributed by atoms with Gasteiger partial charge in [-0.15, -0.1) is 11.8 Å². The summed E-state index contributed by atoms with van der Waals surface area (Å²) in [6.45, 7) is 0.0779. The molecule has 24 heavy (non-hydrogen) atoms. The lowest BCUT2D eigenvalue weighted by Crippen LogP contribution is -2.28. The third-order valence-corrected chi connectivity index (χ3v) is 4.70.